The van der Waals surface area contributed by atoms with E-state index >= 15 is 0 Å². The smallest absolute Gasteiger partial charge is 0.143 e. The van der Waals surface area contributed by atoms with E-state index in [1.807, 2.05) is 11.7 Å². The minimum atomic E-state index is 0.417. The van der Waals surface area contributed by atoms with Gasteiger partial charge < -0.3 is 5.32 Å². The summed E-state index contributed by atoms with van der Waals surface area (Å²) in [6, 6.07) is 0.417. The summed E-state index contributed by atoms with van der Waals surface area (Å²) < 4.78 is 1.93. The number of nitrogens with one attached hydrogen (secondary N) is 1. The number of aromatic nitrogens is 3. The number of hydrogen-bond acceptors (Lipinski definition) is 3. The van der Waals surface area contributed by atoms with Crippen LogP contribution in [0.5, 0.6) is 0 Å². The minimum absolute atomic E-state index is 0.417. The molecule has 17 heavy (non-hydrogen) atoms. The van der Waals surface area contributed by atoms with Gasteiger partial charge in [0.1, 0.15) is 12.2 Å². The SMILES string of the molecule is CNC(c1ncnn1C)C1C2C3CCC(C3)C21. The highest BCUT2D eigenvalue weighted by Crippen LogP contribution is 2.71. The Morgan fingerprint density at radius 3 is 2.59 bits per heavy atom. The van der Waals surface area contributed by atoms with E-state index in [2.05, 4.69) is 22.4 Å². The summed E-state index contributed by atoms with van der Waals surface area (Å²) in [5.74, 6) is 5.98. The van der Waals surface area contributed by atoms with Crippen LogP contribution < -0.4 is 5.32 Å². The lowest BCUT2D eigenvalue weighted by Gasteiger charge is -2.18. The average Bonchev–Trinajstić information content (AvgIpc) is 2.72. The van der Waals surface area contributed by atoms with Gasteiger partial charge in [0.2, 0.25) is 0 Å². The van der Waals surface area contributed by atoms with E-state index in [1.165, 1.54) is 19.3 Å². The summed E-state index contributed by atoms with van der Waals surface area (Å²) in [4.78, 5) is 4.44. The second kappa shape index (κ2) is 3.31. The molecule has 4 heteroatoms. The van der Waals surface area contributed by atoms with Crippen LogP contribution in [0.1, 0.15) is 31.1 Å². The van der Waals surface area contributed by atoms with E-state index in [1.54, 1.807) is 6.33 Å². The summed E-state index contributed by atoms with van der Waals surface area (Å²) in [6.07, 6.45) is 6.16. The molecule has 3 saturated carbocycles. The third-order valence-electron chi connectivity index (χ3n) is 5.52. The molecule has 3 aliphatic rings. The van der Waals surface area contributed by atoms with Crippen LogP contribution in [-0.2, 0) is 7.05 Å². The first-order chi connectivity index (χ1) is 8.31. The summed E-state index contributed by atoms with van der Waals surface area (Å²) in [5.41, 5.74) is 0. The van der Waals surface area contributed by atoms with E-state index in [0.717, 1.165) is 35.4 Å². The average molecular weight is 232 g/mol. The zero-order valence-corrected chi connectivity index (χ0v) is 10.5. The second-order valence-electron chi connectivity index (χ2n) is 6.07. The first-order valence-electron chi connectivity index (χ1n) is 6.82. The molecule has 5 atom stereocenters. The highest BCUT2D eigenvalue weighted by atomic mass is 15.3. The molecule has 0 spiro atoms. The highest BCUT2D eigenvalue weighted by molar-refractivity contribution is 5.18. The van der Waals surface area contributed by atoms with Gasteiger partial charge in [0, 0.05) is 7.05 Å². The number of fused-ring (bicyclic) bond motifs is 5. The first-order valence-corrected chi connectivity index (χ1v) is 6.82. The molecule has 92 valence electrons. The van der Waals surface area contributed by atoms with Crippen molar-refractivity contribution in [2.24, 2.45) is 36.6 Å². The topological polar surface area (TPSA) is 42.7 Å². The molecule has 0 aliphatic heterocycles. The monoisotopic (exact) mass is 232 g/mol. The van der Waals surface area contributed by atoms with Crippen molar-refractivity contribution in [2.45, 2.75) is 25.3 Å². The Morgan fingerprint density at radius 1 is 1.35 bits per heavy atom. The summed E-state index contributed by atoms with van der Waals surface area (Å²) in [7, 11) is 4.06. The normalized spacial score (nSPS) is 43.8. The maximum Gasteiger partial charge on any atom is 0.143 e. The molecule has 0 radical (unpaired) electrons. The summed E-state index contributed by atoms with van der Waals surface area (Å²) >= 11 is 0. The Morgan fingerprint density at radius 2 is 2.06 bits per heavy atom. The van der Waals surface area contributed by atoms with E-state index in [0.29, 0.717) is 6.04 Å². The van der Waals surface area contributed by atoms with Crippen molar-refractivity contribution in [3.05, 3.63) is 12.2 Å². The van der Waals surface area contributed by atoms with Gasteiger partial charge in [0.05, 0.1) is 6.04 Å². The standard InChI is InChI=1S/C13H20N4/c1-14-12(13-15-6-16-17(13)2)11-9-7-3-4-8(5-7)10(9)11/h6-12,14H,3-5H2,1-2H3. The fraction of sp³-hybridized carbons (Fsp3) is 0.846. The van der Waals surface area contributed by atoms with Crippen molar-refractivity contribution < 1.29 is 0 Å². The quantitative estimate of drug-likeness (QED) is 0.856. The Hall–Kier alpha value is -0.900. The number of aryl methyl sites for hydroxylation is 1. The summed E-state index contributed by atoms with van der Waals surface area (Å²) in [5, 5.41) is 7.69. The van der Waals surface area contributed by atoms with Crippen LogP contribution in [0.3, 0.4) is 0 Å². The highest BCUT2D eigenvalue weighted by Gasteiger charge is 2.67. The molecule has 1 aromatic rings. The molecule has 0 amide bonds. The van der Waals surface area contributed by atoms with Gasteiger partial charge in [-0.25, -0.2) is 4.98 Å². The molecule has 0 saturated heterocycles. The van der Waals surface area contributed by atoms with Crippen LogP contribution in [-0.4, -0.2) is 21.8 Å². The molecular weight excluding hydrogens is 212 g/mol. The van der Waals surface area contributed by atoms with Gasteiger partial charge in [0.15, 0.2) is 0 Å². The van der Waals surface area contributed by atoms with Crippen LogP contribution >= 0.6 is 0 Å². The van der Waals surface area contributed by atoms with Crippen LogP contribution in [0, 0.1) is 29.6 Å². The minimum Gasteiger partial charge on any atom is -0.310 e. The van der Waals surface area contributed by atoms with Gasteiger partial charge in [-0.1, -0.05) is 0 Å². The summed E-state index contributed by atoms with van der Waals surface area (Å²) in [6.45, 7) is 0. The maximum atomic E-state index is 4.44. The lowest BCUT2D eigenvalue weighted by atomic mass is 9.97. The van der Waals surface area contributed by atoms with Crippen LogP contribution in [0.25, 0.3) is 0 Å². The van der Waals surface area contributed by atoms with Gasteiger partial charge in [0.25, 0.3) is 0 Å². The predicted molar refractivity (Wildman–Crippen MR) is 64.1 cm³/mol. The zero-order chi connectivity index (χ0) is 11.6. The lowest BCUT2D eigenvalue weighted by molar-refractivity contribution is 0.367. The molecule has 3 aliphatic carbocycles. The zero-order valence-electron chi connectivity index (χ0n) is 10.5. The van der Waals surface area contributed by atoms with Gasteiger partial charge in [-0.2, -0.15) is 5.10 Å². The maximum absolute atomic E-state index is 4.44. The molecule has 1 heterocycles. The van der Waals surface area contributed by atoms with Crippen LogP contribution in [0.2, 0.25) is 0 Å². The molecule has 3 fully saturated rings. The number of rotatable bonds is 3. The Labute approximate surface area is 102 Å². The van der Waals surface area contributed by atoms with Crippen molar-refractivity contribution in [1.29, 1.82) is 0 Å². The number of nitrogens with zero attached hydrogens (tertiary/aromatic N) is 3. The van der Waals surface area contributed by atoms with Crippen molar-refractivity contribution in [3.63, 3.8) is 0 Å². The largest absolute Gasteiger partial charge is 0.310 e. The number of hydrogen-bond donors (Lipinski definition) is 1. The fourth-order valence-corrected chi connectivity index (χ4v) is 4.92. The van der Waals surface area contributed by atoms with E-state index in [-0.39, 0.29) is 0 Å². The first kappa shape index (κ1) is 10.1. The fourth-order valence-electron chi connectivity index (χ4n) is 4.92. The van der Waals surface area contributed by atoms with E-state index in [4.69, 9.17) is 0 Å². The molecule has 4 nitrogen and oxygen atoms in total. The van der Waals surface area contributed by atoms with E-state index < -0.39 is 0 Å². The third-order valence-corrected chi connectivity index (χ3v) is 5.52. The van der Waals surface area contributed by atoms with Crippen LogP contribution in [0.4, 0.5) is 0 Å². The molecule has 1 aromatic heterocycles. The van der Waals surface area contributed by atoms with Gasteiger partial charge in [-0.15, -0.1) is 0 Å². The van der Waals surface area contributed by atoms with Crippen molar-refractivity contribution >= 4 is 0 Å². The lowest BCUT2D eigenvalue weighted by Crippen LogP contribution is -2.25. The predicted octanol–water partition coefficient (Wildman–Crippen LogP) is 1.37. The Kier molecular flexibility index (Phi) is 1.96. The molecule has 4 rings (SSSR count). The van der Waals surface area contributed by atoms with Gasteiger partial charge >= 0.3 is 0 Å². The van der Waals surface area contributed by atoms with Crippen LogP contribution in [0.15, 0.2) is 6.33 Å². The van der Waals surface area contributed by atoms with E-state index in [9.17, 15) is 0 Å². The Balaban J connectivity index is 1.61. The van der Waals surface area contributed by atoms with Crippen molar-refractivity contribution in [3.8, 4) is 0 Å². The Bertz CT molecular complexity index is 424. The van der Waals surface area contributed by atoms with Crippen molar-refractivity contribution in [1.82, 2.24) is 20.1 Å². The third kappa shape index (κ3) is 1.22. The molecule has 1 N–H and O–H groups in total. The van der Waals surface area contributed by atoms with Crippen molar-refractivity contribution in [2.75, 3.05) is 7.05 Å². The molecular formula is C13H20N4. The van der Waals surface area contributed by atoms with Gasteiger partial charge in [-0.3, -0.25) is 4.68 Å². The van der Waals surface area contributed by atoms with Gasteiger partial charge in [-0.05, 0) is 55.9 Å². The molecule has 0 aromatic carbocycles. The molecule has 5 unspecified atom stereocenters. The molecule has 2 bridgehead atoms. The second-order valence-corrected chi connectivity index (χ2v) is 6.07.